The van der Waals surface area contributed by atoms with Gasteiger partial charge in [-0.2, -0.15) is 0 Å². The van der Waals surface area contributed by atoms with Crippen LogP contribution in [0.1, 0.15) is 51.4 Å². The van der Waals surface area contributed by atoms with Crippen molar-refractivity contribution in [2.45, 2.75) is 75.5 Å². The summed E-state index contributed by atoms with van der Waals surface area (Å²) in [5.74, 6) is -6.55. The van der Waals surface area contributed by atoms with E-state index in [1.54, 1.807) is 0 Å². The molecule has 0 saturated heterocycles. The van der Waals surface area contributed by atoms with E-state index in [1.165, 1.54) is 0 Å². The van der Waals surface area contributed by atoms with Crippen LogP contribution in [-0.4, -0.2) is 89.0 Å². The Balaban J connectivity index is 5.51. The SMILES string of the molecule is NCCCCC(N)C(=O)NC(CC(N)=O)C(=O)NC(CCC(=O)O)C(=O)NC(CCCN=C(N)N)C(=O)O. The third-order valence-corrected chi connectivity index (χ3v) is 5.18. The highest BCUT2D eigenvalue weighted by Crippen LogP contribution is 2.05. The fraction of sp³-hybridized carbons (Fsp3) is 0.667. The standard InChI is InChI=1S/C21H39N9O8/c22-8-2-1-4-11(23)17(34)30-14(10-15(24)31)19(36)28-12(6-7-16(32)33)18(35)29-13(20(37)38)5-3-9-27-21(25)26/h11-14H,1-10,22-23H2,(H2,24,31)(H,28,36)(H,29,35)(H,30,34)(H,32,33)(H,37,38)(H4,25,26,27). The predicted molar refractivity (Wildman–Crippen MR) is 135 cm³/mol. The average molecular weight is 546 g/mol. The molecule has 0 aliphatic carbocycles. The Labute approximate surface area is 219 Å². The van der Waals surface area contributed by atoms with Crippen molar-refractivity contribution in [3.8, 4) is 0 Å². The zero-order valence-electron chi connectivity index (χ0n) is 21.1. The van der Waals surface area contributed by atoms with Crippen LogP contribution in [0.2, 0.25) is 0 Å². The minimum absolute atomic E-state index is 0.0696. The summed E-state index contributed by atoms with van der Waals surface area (Å²) in [6.07, 6.45) is -0.0493. The lowest BCUT2D eigenvalue weighted by Gasteiger charge is -2.24. The normalized spacial score (nSPS) is 13.7. The molecule has 0 radical (unpaired) electrons. The number of nitrogens with zero attached hydrogens (tertiary/aromatic N) is 1. The van der Waals surface area contributed by atoms with Crippen LogP contribution in [0, 0.1) is 0 Å². The van der Waals surface area contributed by atoms with Crippen LogP contribution in [0.5, 0.6) is 0 Å². The number of carbonyl (C=O) groups excluding carboxylic acids is 4. The third kappa shape index (κ3) is 15.2. The first-order chi connectivity index (χ1) is 17.8. The monoisotopic (exact) mass is 545 g/mol. The zero-order chi connectivity index (χ0) is 29.3. The van der Waals surface area contributed by atoms with Gasteiger partial charge in [0.15, 0.2) is 5.96 Å². The van der Waals surface area contributed by atoms with Crippen molar-refractivity contribution < 1.29 is 39.0 Å². The molecule has 4 unspecified atom stereocenters. The van der Waals surface area contributed by atoms with Gasteiger partial charge in [-0.05, 0) is 38.6 Å². The van der Waals surface area contributed by atoms with Crippen molar-refractivity contribution in [1.29, 1.82) is 0 Å². The summed E-state index contributed by atoms with van der Waals surface area (Å²) in [5.41, 5.74) is 26.8. The Morgan fingerprint density at radius 1 is 0.737 bits per heavy atom. The van der Waals surface area contributed by atoms with E-state index in [9.17, 15) is 33.9 Å². The fourth-order valence-electron chi connectivity index (χ4n) is 3.17. The van der Waals surface area contributed by atoms with E-state index in [-0.39, 0.29) is 31.8 Å². The maximum atomic E-state index is 12.9. The van der Waals surface area contributed by atoms with E-state index in [4.69, 9.17) is 33.8 Å². The van der Waals surface area contributed by atoms with Crippen molar-refractivity contribution in [1.82, 2.24) is 16.0 Å². The number of aliphatic carboxylic acids is 2. The molecule has 17 nitrogen and oxygen atoms in total. The summed E-state index contributed by atoms with van der Waals surface area (Å²) >= 11 is 0. The largest absolute Gasteiger partial charge is 0.481 e. The first-order valence-corrected chi connectivity index (χ1v) is 11.9. The number of carbonyl (C=O) groups is 6. The number of carboxylic acids is 2. The lowest BCUT2D eigenvalue weighted by atomic mass is 10.1. The van der Waals surface area contributed by atoms with E-state index in [1.807, 2.05) is 0 Å². The smallest absolute Gasteiger partial charge is 0.326 e. The average Bonchev–Trinajstić information content (AvgIpc) is 2.82. The van der Waals surface area contributed by atoms with Crippen molar-refractivity contribution >= 4 is 41.5 Å². The molecule has 4 atom stereocenters. The van der Waals surface area contributed by atoms with Gasteiger partial charge in [0.25, 0.3) is 0 Å². The Morgan fingerprint density at radius 3 is 1.84 bits per heavy atom. The van der Waals surface area contributed by atoms with Crippen LogP contribution in [0.25, 0.3) is 0 Å². The van der Waals surface area contributed by atoms with E-state index >= 15 is 0 Å². The van der Waals surface area contributed by atoms with E-state index in [0.717, 1.165) is 0 Å². The van der Waals surface area contributed by atoms with Gasteiger partial charge in [-0.1, -0.05) is 6.42 Å². The number of aliphatic imine (C=N–C) groups is 1. The predicted octanol–water partition coefficient (Wildman–Crippen LogP) is -4.22. The maximum Gasteiger partial charge on any atom is 0.326 e. The number of hydrogen-bond acceptors (Lipinski definition) is 9. The van der Waals surface area contributed by atoms with Crippen LogP contribution in [0.3, 0.4) is 0 Å². The summed E-state index contributed by atoms with van der Waals surface area (Å²) in [7, 11) is 0. The topological polar surface area (TPSA) is 321 Å². The van der Waals surface area contributed by atoms with E-state index in [2.05, 4.69) is 20.9 Å². The van der Waals surface area contributed by atoms with Gasteiger partial charge in [0.2, 0.25) is 23.6 Å². The molecule has 4 amide bonds. The Hall–Kier alpha value is -3.99. The molecule has 0 aliphatic rings. The lowest BCUT2D eigenvalue weighted by Crippen LogP contribution is -2.57. The number of hydrogen-bond donors (Lipinski definition) is 10. The molecular formula is C21H39N9O8. The molecule has 0 rings (SSSR count). The second-order valence-corrected chi connectivity index (χ2v) is 8.46. The molecule has 216 valence electrons. The molecule has 0 aliphatic heterocycles. The Bertz CT molecular complexity index is 864. The van der Waals surface area contributed by atoms with Gasteiger partial charge < -0.3 is 54.8 Å². The van der Waals surface area contributed by atoms with E-state index in [0.29, 0.717) is 19.4 Å². The molecule has 0 bridgehead atoms. The molecule has 17 heteroatoms. The minimum Gasteiger partial charge on any atom is -0.481 e. The second kappa shape index (κ2) is 18.3. The molecule has 0 fully saturated rings. The minimum atomic E-state index is -1.52. The number of nitrogens with two attached hydrogens (primary N) is 5. The van der Waals surface area contributed by atoms with Crippen LogP contribution < -0.4 is 44.6 Å². The quantitative estimate of drug-likeness (QED) is 0.0395. The molecular weight excluding hydrogens is 506 g/mol. The highest BCUT2D eigenvalue weighted by Gasteiger charge is 2.31. The lowest BCUT2D eigenvalue weighted by molar-refractivity contribution is -0.143. The molecule has 0 aromatic heterocycles. The zero-order valence-corrected chi connectivity index (χ0v) is 21.1. The van der Waals surface area contributed by atoms with Gasteiger partial charge in [0, 0.05) is 13.0 Å². The highest BCUT2D eigenvalue weighted by molar-refractivity contribution is 5.96. The second-order valence-electron chi connectivity index (χ2n) is 8.46. The summed E-state index contributed by atoms with van der Waals surface area (Å²) in [6, 6.07) is -5.43. The summed E-state index contributed by atoms with van der Waals surface area (Å²) < 4.78 is 0. The summed E-state index contributed by atoms with van der Waals surface area (Å²) in [5, 5.41) is 25.2. The van der Waals surface area contributed by atoms with Gasteiger partial charge >= 0.3 is 11.9 Å². The maximum absolute atomic E-state index is 12.9. The van der Waals surface area contributed by atoms with Gasteiger partial charge in [0.1, 0.15) is 18.1 Å². The summed E-state index contributed by atoms with van der Waals surface area (Å²) in [6.45, 7) is 0.504. The fourth-order valence-corrected chi connectivity index (χ4v) is 3.17. The van der Waals surface area contributed by atoms with Crippen molar-refractivity contribution in [2.24, 2.45) is 33.7 Å². The number of unbranched alkanes of at least 4 members (excludes halogenated alkanes) is 1. The number of amides is 4. The van der Waals surface area contributed by atoms with Crippen LogP contribution >= 0.6 is 0 Å². The highest BCUT2D eigenvalue weighted by atomic mass is 16.4. The van der Waals surface area contributed by atoms with Gasteiger partial charge in [-0.15, -0.1) is 0 Å². The molecule has 0 heterocycles. The molecule has 38 heavy (non-hydrogen) atoms. The van der Waals surface area contributed by atoms with Crippen molar-refractivity contribution in [2.75, 3.05) is 13.1 Å². The summed E-state index contributed by atoms with van der Waals surface area (Å²) in [4.78, 5) is 76.0. The molecule has 15 N–H and O–H groups in total. The number of nitrogens with one attached hydrogen (secondary N) is 3. The van der Waals surface area contributed by atoms with Crippen molar-refractivity contribution in [3.63, 3.8) is 0 Å². The van der Waals surface area contributed by atoms with Crippen molar-refractivity contribution in [3.05, 3.63) is 0 Å². The molecule has 0 spiro atoms. The third-order valence-electron chi connectivity index (χ3n) is 5.18. The van der Waals surface area contributed by atoms with Gasteiger partial charge in [-0.3, -0.25) is 29.0 Å². The number of guanidine groups is 1. The van der Waals surface area contributed by atoms with Crippen LogP contribution in [0.4, 0.5) is 0 Å². The first kappa shape index (κ1) is 34.0. The molecule has 0 aromatic carbocycles. The number of rotatable bonds is 20. The molecule has 0 saturated carbocycles. The van der Waals surface area contributed by atoms with Crippen LogP contribution in [-0.2, 0) is 28.8 Å². The molecule has 0 aromatic rings. The van der Waals surface area contributed by atoms with Gasteiger partial charge in [-0.25, -0.2) is 4.79 Å². The Kier molecular flexibility index (Phi) is 16.4. The van der Waals surface area contributed by atoms with Gasteiger partial charge in [0.05, 0.1) is 12.5 Å². The van der Waals surface area contributed by atoms with Crippen LogP contribution in [0.15, 0.2) is 4.99 Å². The van der Waals surface area contributed by atoms with E-state index < -0.39 is 79.0 Å². The number of carboxylic acid groups (broad SMARTS) is 2. The first-order valence-electron chi connectivity index (χ1n) is 11.9. The number of primary amides is 1. The Morgan fingerprint density at radius 2 is 1.32 bits per heavy atom.